The summed E-state index contributed by atoms with van der Waals surface area (Å²) in [6, 6.07) is 7.60. The van der Waals surface area contributed by atoms with Gasteiger partial charge in [0.1, 0.15) is 11.6 Å². The lowest BCUT2D eigenvalue weighted by atomic mass is 10.3. The first kappa shape index (κ1) is 14.9. The van der Waals surface area contributed by atoms with Crippen molar-refractivity contribution in [1.82, 2.24) is 9.55 Å². The highest BCUT2D eigenvalue weighted by atomic mass is 16.5. The van der Waals surface area contributed by atoms with Gasteiger partial charge in [-0.25, -0.2) is 4.98 Å². The number of imidazole rings is 1. The zero-order valence-electron chi connectivity index (χ0n) is 12.1. The van der Waals surface area contributed by atoms with Gasteiger partial charge in [0, 0.05) is 18.9 Å². The van der Waals surface area contributed by atoms with Crippen LogP contribution in [0.3, 0.4) is 0 Å². The number of hydrogen-bond acceptors (Lipinski definition) is 4. The van der Waals surface area contributed by atoms with E-state index in [1.807, 2.05) is 30.5 Å². The third kappa shape index (κ3) is 4.24. The van der Waals surface area contributed by atoms with E-state index < -0.39 is 0 Å². The molecule has 1 aromatic heterocycles. The van der Waals surface area contributed by atoms with Crippen molar-refractivity contribution in [3.05, 3.63) is 42.5 Å². The van der Waals surface area contributed by atoms with Gasteiger partial charge in [0.25, 0.3) is 0 Å². The largest absolute Gasteiger partial charge is 0.491 e. The van der Waals surface area contributed by atoms with E-state index in [1.165, 1.54) is 0 Å². The molecule has 6 nitrogen and oxygen atoms in total. The number of carbonyl (C=O) groups excluding carboxylic acids is 1. The molecule has 2 rings (SSSR count). The van der Waals surface area contributed by atoms with Crippen molar-refractivity contribution in [3.63, 3.8) is 0 Å². The monoisotopic (exact) mass is 288 g/mol. The second kappa shape index (κ2) is 7.33. The van der Waals surface area contributed by atoms with E-state index in [2.05, 4.69) is 21.8 Å². The number of aryl methyl sites for hydroxylation is 1. The minimum atomic E-state index is -0.370. The van der Waals surface area contributed by atoms with Crippen LogP contribution in [0, 0.1) is 0 Å². The van der Waals surface area contributed by atoms with Crippen molar-refractivity contribution in [3.8, 4) is 5.75 Å². The van der Waals surface area contributed by atoms with E-state index in [4.69, 9.17) is 10.5 Å². The number of carbonyl (C=O) groups is 1. The highest BCUT2D eigenvalue weighted by molar-refractivity contribution is 5.73. The fraction of sp³-hybridized carbons (Fsp3) is 0.333. The fourth-order valence-corrected chi connectivity index (χ4v) is 1.97. The zero-order chi connectivity index (χ0) is 15.1. The van der Waals surface area contributed by atoms with Gasteiger partial charge >= 0.3 is 0 Å². The maximum absolute atomic E-state index is 10.7. The summed E-state index contributed by atoms with van der Waals surface area (Å²) in [4.78, 5) is 15.1. The maximum Gasteiger partial charge on any atom is 0.220 e. The molecule has 0 fully saturated rings. The SMILES string of the molecule is CCn1ccnc1CNc1ccccc1OCCC(N)=O. The third-order valence-corrected chi connectivity index (χ3v) is 3.07. The molecule has 0 spiro atoms. The molecule has 1 amide bonds. The number of nitrogens with two attached hydrogens (primary N) is 1. The second-order valence-corrected chi connectivity index (χ2v) is 4.54. The van der Waals surface area contributed by atoms with Gasteiger partial charge in [-0.15, -0.1) is 0 Å². The van der Waals surface area contributed by atoms with Gasteiger partial charge in [0.15, 0.2) is 0 Å². The maximum atomic E-state index is 10.7. The van der Waals surface area contributed by atoms with E-state index in [0.29, 0.717) is 12.3 Å². The van der Waals surface area contributed by atoms with E-state index in [0.717, 1.165) is 18.1 Å². The van der Waals surface area contributed by atoms with Crippen LogP contribution >= 0.6 is 0 Å². The summed E-state index contributed by atoms with van der Waals surface area (Å²) >= 11 is 0. The molecule has 1 heterocycles. The molecule has 3 N–H and O–H groups in total. The van der Waals surface area contributed by atoms with Crippen molar-refractivity contribution in [2.45, 2.75) is 26.4 Å². The van der Waals surface area contributed by atoms with Crippen LogP contribution in [0.4, 0.5) is 5.69 Å². The number of aromatic nitrogens is 2. The second-order valence-electron chi connectivity index (χ2n) is 4.54. The molecule has 0 bridgehead atoms. The average Bonchev–Trinajstić information content (AvgIpc) is 2.93. The predicted molar refractivity (Wildman–Crippen MR) is 81.0 cm³/mol. The Bertz CT molecular complexity index is 595. The molecule has 0 saturated carbocycles. The van der Waals surface area contributed by atoms with Crippen molar-refractivity contribution in [1.29, 1.82) is 0 Å². The number of benzene rings is 1. The van der Waals surface area contributed by atoms with Gasteiger partial charge in [0.05, 0.1) is 25.3 Å². The molecule has 0 unspecified atom stereocenters. The summed E-state index contributed by atoms with van der Waals surface area (Å²) in [5, 5.41) is 3.30. The van der Waals surface area contributed by atoms with Crippen molar-refractivity contribution >= 4 is 11.6 Å². The Morgan fingerprint density at radius 2 is 2.24 bits per heavy atom. The van der Waals surface area contributed by atoms with Gasteiger partial charge in [-0.3, -0.25) is 4.79 Å². The summed E-state index contributed by atoms with van der Waals surface area (Å²) < 4.78 is 7.66. The minimum Gasteiger partial charge on any atom is -0.491 e. The number of para-hydroxylation sites is 2. The minimum absolute atomic E-state index is 0.203. The van der Waals surface area contributed by atoms with Gasteiger partial charge in [0.2, 0.25) is 5.91 Å². The number of ether oxygens (including phenoxy) is 1. The average molecular weight is 288 g/mol. The molecule has 21 heavy (non-hydrogen) atoms. The Labute approximate surface area is 123 Å². The molecule has 0 atom stereocenters. The number of nitrogens with one attached hydrogen (secondary N) is 1. The Hall–Kier alpha value is -2.50. The van der Waals surface area contributed by atoms with Gasteiger partial charge in [-0.1, -0.05) is 12.1 Å². The van der Waals surface area contributed by atoms with E-state index in [-0.39, 0.29) is 18.9 Å². The Balaban J connectivity index is 1.98. The van der Waals surface area contributed by atoms with E-state index in [9.17, 15) is 4.79 Å². The molecule has 0 saturated heterocycles. The Morgan fingerprint density at radius 3 is 3.00 bits per heavy atom. The number of rotatable bonds is 8. The summed E-state index contributed by atoms with van der Waals surface area (Å²) in [6.07, 6.45) is 3.94. The zero-order valence-corrected chi connectivity index (χ0v) is 12.1. The number of nitrogens with zero attached hydrogens (tertiary/aromatic N) is 2. The normalized spacial score (nSPS) is 10.3. The molecular formula is C15H20N4O2. The van der Waals surface area contributed by atoms with Crippen molar-refractivity contribution in [2.75, 3.05) is 11.9 Å². The highest BCUT2D eigenvalue weighted by Gasteiger charge is 2.06. The number of hydrogen-bond donors (Lipinski definition) is 2. The molecule has 0 aliphatic heterocycles. The number of primary amides is 1. The topological polar surface area (TPSA) is 82.2 Å². The smallest absolute Gasteiger partial charge is 0.220 e. The molecule has 2 aromatic rings. The standard InChI is InChI=1S/C15H20N4O2/c1-2-19-9-8-17-15(19)11-18-12-5-3-4-6-13(12)21-10-7-14(16)20/h3-6,8-9,18H,2,7,10-11H2,1H3,(H2,16,20). The predicted octanol–water partition coefficient (Wildman–Crippen LogP) is 1.77. The lowest BCUT2D eigenvalue weighted by Crippen LogP contribution is -2.15. The van der Waals surface area contributed by atoms with Crippen LogP contribution in [0.25, 0.3) is 0 Å². The van der Waals surface area contributed by atoms with Gasteiger partial charge in [-0.2, -0.15) is 0 Å². The van der Waals surface area contributed by atoms with Crippen molar-refractivity contribution < 1.29 is 9.53 Å². The fourth-order valence-electron chi connectivity index (χ4n) is 1.97. The summed E-state index contributed by atoms with van der Waals surface area (Å²) in [7, 11) is 0. The summed E-state index contributed by atoms with van der Waals surface area (Å²) in [5.74, 6) is 1.29. The van der Waals surface area contributed by atoms with Crippen LogP contribution in [0.5, 0.6) is 5.75 Å². The number of anilines is 1. The van der Waals surface area contributed by atoms with Crippen LogP contribution in [0.15, 0.2) is 36.7 Å². The lowest BCUT2D eigenvalue weighted by molar-refractivity contribution is -0.118. The summed E-state index contributed by atoms with van der Waals surface area (Å²) in [6.45, 7) is 3.84. The molecule has 0 aliphatic rings. The van der Waals surface area contributed by atoms with Crippen LogP contribution < -0.4 is 15.8 Å². The first-order chi connectivity index (χ1) is 10.2. The van der Waals surface area contributed by atoms with Crippen LogP contribution in [0.2, 0.25) is 0 Å². The number of amides is 1. The molecular weight excluding hydrogens is 268 g/mol. The molecule has 0 radical (unpaired) electrons. The molecule has 112 valence electrons. The van der Waals surface area contributed by atoms with Gasteiger partial charge < -0.3 is 20.4 Å². The first-order valence-corrected chi connectivity index (χ1v) is 6.94. The first-order valence-electron chi connectivity index (χ1n) is 6.94. The van der Waals surface area contributed by atoms with Crippen LogP contribution in [-0.4, -0.2) is 22.1 Å². The van der Waals surface area contributed by atoms with E-state index in [1.54, 1.807) is 6.20 Å². The Morgan fingerprint density at radius 1 is 1.43 bits per heavy atom. The van der Waals surface area contributed by atoms with E-state index >= 15 is 0 Å². The molecule has 1 aromatic carbocycles. The summed E-state index contributed by atoms with van der Waals surface area (Å²) in [5.41, 5.74) is 5.97. The van der Waals surface area contributed by atoms with Crippen LogP contribution in [-0.2, 0) is 17.9 Å². The molecule has 6 heteroatoms. The van der Waals surface area contributed by atoms with Crippen LogP contribution in [0.1, 0.15) is 19.2 Å². The van der Waals surface area contributed by atoms with Crippen molar-refractivity contribution in [2.24, 2.45) is 5.73 Å². The quantitative estimate of drug-likeness (QED) is 0.775. The molecule has 0 aliphatic carbocycles. The highest BCUT2D eigenvalue weighted by Crippen LogP contribution is 2.24. The Kier molecular flexibility index (Phi) is 5.20. The lowest BCUT2D eigenvalue weighted by Gasteiger charge is -2.13. The third-order valence-electron chi connectivity index (χ3n) is 3.07. The van der Waals surface area contributed by atoms with Gasteiger partial charge in [-0.05, 0) is 19.1 Å².